The Balaban J connectivity index is 2.09. The highest BCUT2D eigenvalue weighted by molar-refractivity contribution is 6.31. The molecule has 0 saturated carbocycles. The predicted molar refractivity (Wildman–Crippen MR) is 71.4 cm³/mol. The predicted octanol–water partition coefficient (Wildman–Crippen LogP) is 3.58. The zero-order valence-corrected chi connectivity index (χ0v) is 10.2. The molecule has 1 heterocycles. The number of hydrogen-bond acceptors (Lipinski definition) is 1. The molecule has 1 aliphatic rings. The molecule has 2 aromatic carbocycles. The first kappa shape index (κ1) is 10.8. The van der Waals surface area contributed by atoms with Crippen LogP contribution in [0.1, 0.15) is 22.7 Å². The average molecular weight is 244 g/mol. The monoisotopic (exact) mass is 243 g/mol. The first-order chi connectivity index (χ1) is 8.36. The van der Waals surface area contributed by atoms with Gasteiger partial charge in [0.05, 0.1) is 6.04 Å². The first-order valence-electron chi connectivity index (χ1n) is 5.92. The van der Waals surface area contributed by atoms with E-state index < -0.39 is 0 Å². The second kappa shape index (κ2) is 4.52. The second-order valence-electron chi connectivity index (χ2n) is 4.36. The molecule has 86 valence electrons. The molecule has 17 heavy (non-hydrogen) atoms. The Morgan fingerprint density at radius 1 is 1.00 bits per heavy atom. The zero-order valence-electron chi connectivity index (χ0n) is 9.49. The van der Waals surface area contributed by atoms with Crippen molar-refractivity contribution in [3.8, 4) is 0 Å². The van der Waals surface area contributed by atoms with Gasteiger partial charge in [0.2, 0.25) is 0 Å². The van der Waals surface area contributed by atoms with Crippen LogP contribution in [0, 0.1) is 0 Å². The van der Waals surface area contributed by atoms with Crippen molar-refractivity contribution < 1.29 is 0 Å². The summed E-state index contributed by atoms with van der Waals surface area (Å²) in [5, 5.41) is 4.45. The van der Waals surface area contributed by atoms with Gasteiger partial charge in [-0.1, -0.05) is 54.1 Å². The third-order valence-electron chi connectivity index (χ3n) is 3.32. The van der Waals surface area contributed by atoms with E-state index in [-0.39, 0.29) is 6.04 Å². The van der Waals surface area contributed by atoms with Gasteiger partial charge in [0, 0.05) is 11.6 Å². The number of rotatable bonds is 1. The lowest BCUT2D eigenvalue weighted by molar-refractivity contribution is 0.568. The van der Waals surface area contributed by atoms with Crippen molar-refractivity contribution >= 4 is 11.6 Å². The van der Waals surface area contributed by atoms with E-state index in [1.54, 1.807) is 0 Å². The third kappa shape index (κ3) is 1.97. The van der Waals surface area contributed by atoms with Crippen LogP contribution >= 0.6 is 11.6 Å². The Morgan fingerprint density at radius 3 is 2.65 bits per heavy atom. The SMILES string of the molecule is Clc1cccc2c1CCNC2c1ccccc1. The summed E-state index contributed by atoms with van der Waals surface area (Å²) in [6.45, 7) is 0.982. The van der Waals surface area contributed by atoms with Gasteiger partial charge in [-0.3, -0.25) is 0 Å². The number of nitrogens with one attached hydrogen (secondary N) is 1. The Hall–Kier alpha value is -1.31. The largest absolute Gasteiger partial charge is 0.306 e. The van der Waals surface area contributed by atoms with Gasteiger partial charge in [0.25, 0.3) is 0 Å². The van der Waals surface area contributed by atoms with Crippen LogP contribution < -0.4 is 5.32 Å². The molecule has 0 saturated heterocycles. The minimum absolute atomic E-state index is 0.277. The minimum Gasteiger partial charge on any atom is -0.306 e. The third-order valence-corrected chi connectivity index (χ3v) is 3.68. The van der Waals surface area contributed by atoms with Crippen molar-refractivity contribution in [2.24, 2.45) is 0 Å². The smallest absolute Gasteiger partial charge is 0.0580 e. The van der Waals surface area contributed by atoms with E-state index in [9.17, 15) is 0 Å². The van der Waals surface area contributed by atoms with Gasteiger partial charge < -0.3 is 5.32 Å². The molecule has 0 amide bonds. The molecule has 0 bridgehead atoms. The van der Waals surface area contributed by atoms with Crippen LogP contribution in [-0.4, -0.2) is 6.54 Å². The van der Waals surface area contributed by atoms with Gasteiger partial charge in [-0.15, -0.1) is 0 Å². The van der Waals surface area contributed by atoms with Gasteiger partial charge in [0.15, 0.2) is 0 Å². The van der Waals surface area contributed by atoms with Gasteiger partial charge in [-0.25, -0.2) is 0 Å². The lowest BCUT2D eigenvalue weighted by Crippen LogP contribution is -2.30. The molecule has 2 aromatic rings. The Kier molecular flexibility index (Phi) is 2.87. The van der Waals surface area contributed by atoms with E-state index in [1.807, 2.05) is 18.2 Å². The van der Waals surface area contributed by atoms with Crippen molar-refractivity contribution in [2.45, 2.75) is 12.5 Å². The molecular formula is C15H14ClN. The molecule has 1 unspecified atom stereocenters. The lowest BCUT2D eigenvalue weighted by Gasteiger charge is -2.28. The molecule has 1 nitrogen and oxygen atoms in total. The summed E-state index contributed by atoms with van der Waals surface area (Å²) in [5.74, 6) is 0. The van der Waals surface area contributed by atoms with Crippen molar-refractivity contribution in [2.75, 3.05) is 6.54 Å². The molecule has 0 aliphatic carbocycles. The van der Waals surface area contributed by atoms with E-state index in [1.165, 1.54) is 16.7 Å². The van der Waals surface area contributed by atoms with Crippen LogP contribution in [0.2, 0.25) is 5.02 Å². The van der Waals surface area contributed by atoms with Gasteiger partial charge >= 0.3 is 0 Å². The summed E-state index contributed by atoms with van der Waals surface area (Å²) in [4.78, 5) is 0. The van der Waals surface area contributed by atoms with Crippen LogP contribution in [0.25, 0.3) is 0 Å². The molecule has 2 heteroatoms. The summed E-state index contributed by atoms with van der Waals surface area (Å²) in [5.41, 5.74) is 3.91. The maximum Gasteiger partial charge on any atom is 0.0580 e. The summed E-state index contributed by atoms with van der Waals surface area (Å²) in [6, 6.07) is 17.0. The summed E-state index contributed by atoms with van der Waals surface area (Å²) < 4.78 is 0. The standard InChI is InChI=1S/C15H14ClN/c16-14-8-4-7-13-12(14)9-10-17-15(13)11-5-2-1-3-6-11/h1-8,15,17H,9-10H2. The van der Waals surface area contributed by atoms with Crippen molar-refractivity contribution in [1.29, 1.82) is 0 Å². The fourth-order valence-electron chi connectivity index (χ4n) is 2.50. The summed E-state index contributed by atoms with van der Waals surface area (Å²) in [7, 11) is 0. The Morgan fingerprint density at radius 2 is 1.82 bits per heavy atom. The number of fused-ring (bicyclic) bond motifs is 1. The number of benzene rings is 2. The molecule has 1 N–H and O–H groups in total. The van der Waals surface area contributed by atoms with Crippen LogP contribution in [0.4, 0.5) is 0 Å². The maximum atomic E-state index is 6.27. The summed E-state index contributed by atoms with van der Waals surface area (Å²) >= 11 is 6.27. The van der Waals surface area contributed by atoms with Crippen LogP contribution in [-0.2, 0) is 6.42 Å². The molecule has 0 fully saturated rings. The van der Waals surface area contributed by atoms with E-state index >= 15 is 0 Å². The van der Waals surface area contributed by atoms with E-state index in [0.29, 0.717) is 0 Å². The molecule has 1 atom stereocenters. The van der Waals surface area contributed by atoms with Crippen molar-refractivity contribution in [3.05, 3.63) is 70.2 Å². The fraction of sp³-hybridized carbons (Fsp3) is 0.200. The van der Waals surface area contributed by atoms with Crippen molar-refractivity contribution in [3.63, 3.8) is 0 Å². The van der Waals surface area contributed by atoms with Crippen molar-refractivity contribution in [1.82, 2.24) is 5.32 Å². The molecule has 3 rings (SSSR count). The van der Waals surface area contributed by atoms with E-state index in [4.69, 9.17) is 11.6 Å². The molecule has 0 spiro atoms. The molecular weight excluding hydrogens is 230 g/mol. The topological polar surface area (TPSA) is 12.0 Å². The van der Waals surface area contributed by atoms with E-state index in [2.05, 4.69) is 35.6 Å². The highest BCUT2D eigenvalue weighted by atomic mass is 35.5. The zero-order chi connectivity index (χ0) is 11.7. The van der Waals surface area contributed by atoms with Crippen LogP contribution in [0.15, 0.2) is 48.5 Å². The van der Waals surface area contributed by atoms with Gasteiger partial charge in [0.1, 0.15) is 0 Å². The highest BCUT2D eigenvalue weighted by Crippen LogP contribution is 2.32. The average Bonchev–Trinajstić information content (AvgIpc) is 2.40. The molecule has 0 radical (unpaired) electrons. The first-order valence-corrected chi connectivity index (χ1v) is 6.29. The highest BCUT2D eigenvalue weighted by Gasteiger charge is 2.22. The maximum absolute atomic E-state index is 6.27. The van der Waals surface area contributed by atoms with Crippen LogP contribution in [0.5, 0.6) is 0 Å². The summed E-state index contributed by atoms with van der Waals surface area (Å²) in [6.07, 6.45) is 1.01. The minimum atomic E-state index is 0.277. The van der Waals surface area contributed by atoms with Gasteiger partial charge in [-0.2, -0.15) is 0 Å². The molecule has 0 aromatic heterocycles. The second-order valence-corrected chi connectivity index (χ2v) is 4.76. The number of halogens is 1. The number of hydrogen-bond donors (Lipinski definition) is 1. The normalized spacial score (nSPS) is 18.8. The quantitative estimate of drug-likeness (QED) is 0.808. The molecule has 1 aliphatic heterocycles. The Labute approximate surface area is 106 Å². The lowest BCUT2D eigenvalue weighted by atomic mass is 9.90. The van der Waals surface area contributed by atoms with Gasteiger partial charge in [-0.05, 0) is 29.2 Å². The Bertz CT molecular complexity index is 522. The van der Waals surface area contributed by atoms with Crippen LogP contribution in [0.3, 0.4) is 0 Å². The fourth-order valence-corrected chi connectivity index (χ4v) is 2.78. The van der Waals surface area contributed by atoms with E-state index in [0.717, 1.165) is 18.0 Å².